The van der Waals surface area contributed by atoms with Crippen molar-refractivity contribution < 1.29 is 0 Å². The Balaban J connectivity index is 1.66. The molecule has 2 aromatic heterocycles. The Morgan fingerprint density at radius 1 is 1.25 bits per heavy atom. The van der Waals surface area contributed by atoms with Crippen molar-refractivity contribution in [2.45, 2.75) is 25.3 Å². The van der Waals surface area contributed by atoms with Crippen LogP contribution in [0.15, 0.2) is 22.1 Å². The highest BCUT2D eigenvalue weighted by molar-refractivity contribution is 9.11. The van der Waals surface area contributed by atoms with Crippen LogP contribution in [0.4, 0.5) is 5.82 Å². The lowest BCUT2D eigenvalue weighted by atomic mass is 9.99. The first-order valence-corrected chi connectivity index (χ1v) is 8.95. The average Bonchev–Trinajstić information content (AvgIpc) is 2.86. The van der Waals surface area contributed by atoms with Gasteiger partial charge in [0.25, 0.3) is 0 Å². The molecule has 0 aromatic carbocycles. The summed E-state index contributed by atoms with van der Waals surface area (Å²) in [5, 5.41) is 1.30. The van der Waals surface area contributed by atoms with E-state index in [1.165, 1.54) is 52.0 Å². The van der Waals surface area contributed by atoms with E-state index >= 15 is 0 Å². The number of fused-ring (bicyclic) bond motifs is 2. The zero-order chi connectivity index (χ0) is 13.5. The number of nitrogens with zero attached hydrogens (tertiary/aromatic N) is 3. The molecule has 4 heterocycles. The molecule has 1 atom stereocenters. The molecule has 2 aliphatic rings. The third-order valence-corrected chi connectivity index (χ3v) is 6.17. The molecule has 4 rings (SSSR count). The Morgan fingerprint density at radius 3 is 3.15 bits per heavy atom. The summed E-state index contributed by atoms with van der Waals surface area (Å²) in [5.41, 5.74) is 0. The molecule has 0 bridgehead atoms. The number of pyridine rings is 1. The van der Waals surface area contributed by atoms with Gasteiger partial charge in [0.15, 0.2) is 0 Å². The van der Waals surface area contributed by atoms with Crippen LogP contribution in [0.2, 0.25) is 0 Å². The SMILES string of the molecule is Brc1cc2ccnc(N3CCN4CCCC[C@@H]4C3)c2s1. The molecule has 0 amide bonds. The molecule has 2 saturated heterocycles. The van der Waals surface area contributed by atoms with Crippen LogP contribution >= 0.6 is 27.3 Å². The summed E-state index contributed by atoms with van der Waals surface area (Å²) in [4.78, 5) is 9.85. The fourth-order valence-corrected chi connectivity index (χ4v) is 5.12. The number of anilines is 1. The third-order valence-electron chi connectivity index (χ3n) is 4.52. The zero-order valence-electron chi connectivity index (χ0n) is 11.4. The Hall–Kier alpha value is -0.650. The van der Waals surface area contributed by atoms with Gasteiger partial charge in [0.2, 0.25) is 0 Å². The smallest absolute Gasteiger partial charge is 0.146 e. The van der Waals surface area contributed by atoms with Crippen LogP contribution in [-0.2, 0) is 0 Å². The van der Waals surface area contributed by atoms with E-state index in [1.54, 1.807) is 11.3 Å². The highest BCUT2D eigenvalue weighted by atomic mass is 79.9. The van der Waals surface area contributed by atoms with E-state index in [2.05, 4.69) is 42.8 Å². The maximum absolute atomic E-state index is 4.68. The molecule has 0 saturated carbocycles. The van der Waals surface area contributed by atoms with E-state index < -0.39 is 0 Å². The van der Waals surface area contributed by atoms with Crippen LogP contribution in [0.5, 0.6) is 0 Å². The van der Waals surface area contributed by atoms with Crippen molar-refractivity contribution >= 4 is 43.2 Å². The van der Waals surface area contributed by atoms with Gasteiger partial charge in [-0.05, 0) is 52.8 Å². The van der Waals surface area contributed by atoms with Crippen molar-refractivity contribution in [2.24, 2.45) is 0 Å². The zero-order valence-corrected chi connectivity index (χ0v) is 13.8. The quantitative estimate of drug-likeness (QED) is 0.780. The summed E-state index contributed by atoms with van der Waals surface area (Å²) < 4.78 is 2.52. The highest BCUT2D eigenvalue weighted by Gasteiger charge is 2.30. The number of hydrogen-bond donors (Lipinski definition) is 0. The van der Waals surface area contributed by atoms with Gasteiger partial charge in [-0.15, -0.1) is 11.3 Å². The molecule has 2 aliphatic heterocycles. The molecule has 0 aliphatic carbocycles. The number of aromatic nitrogens is 1. The number of halogens is 1. The Bertz CT molecular complexity index is 627. The van der Waals surface area contributed by atoms with Gasteiger partial charge < -0.3 is 4.90 Å². The highest BCUT2D eigenvalue weighted by Crippen LogP contribution is 2.36. The van der Waals surface area contributed by atoms with Gasteiger partial charge >= 0.3 is 0 Å². The number of piperazine rings is 1. The fraction of sp³-hybridized carbons (Fsp3) is 0.533. The number of thiophene rings is 1. The topological polar surface area (TPSA) is 19.4 Å². The van der Waals surface area contributed by atoms with Crippen LogP contribution < -0.4 is 4.90 Å². The van der Waals surface area contributed by atoms with E-state index in [9.17, 15) is 0 Å². The van der Waals surface area contributed by atoms with Crippen molar-refractivity contribution in [3.05, 3.63) is 22.1 Å². The second-order valence-corrected chi connectivity index (χ2v) is 8.17. The fourth-order valence-electron chi connectivity index (χ4n) is 3.49. The Morgan fingerprint density at radius 2 is 2.20 bits per heavy atom. The van der Waals surface area contributed by atoms with Gasteiger partial charge in [-0.25, -0.2) is 4.98 Å². The molecule has 5 heteroatoms. The summed E-state index contributed by atoms with van der Waals surface area (Å²) >= 11 is 5.40. The van der Waals surface area contributed by atoms with Crippen LogP contribution in [0, 0.1) is 0 Å². The Labute approximate surface area is 131 Å². The van der Waals surface area contributed by atoms with E-state index in [0.29, 0.717) is 0 Å². The lowest BCUT2D eigenvalue weighted by Gasteiger charge is -2.44. The second-order valence-electron chi connectivity index (χ2n) is 5.74. The largest absolute Gasteiger partial charge is 0.353 e. The maximum atomic E-state index is 4.68. The predicted molar refractivity (Wildman–Crippen MR) is 88.7 cm³/mol. The van der Waals surface area contributed by atoms with Crippen molar-refractivity contribution in [2.75, 3.05) is 31.1 Å². The summed E-state index contributed by atoms with van der Waals surface area (Å²) in [6, 6.07) is 5.04. The van der Waals surface area contributed by atoms with Gasteiger partial charge in [-0.1, -0.05) is 6.42 Å². The van der Waals surface area contributed by atoms with Gasteiger partial charge in [0.1, 0.15) is 5.82 Å². The van der Waals surface area contributed by atoms with Crippen molar-refractivity contribution in [1.29, 1.82) is 0 Å². The minimum absolute atomic E-state index is 0.734. The second kappa shape index (κ2) is 5.28. The van der Waals surface area contributed by atoms with Gasteiger partial charge in [-0.3, -0.25) is 4.90 Å². The minimum Gasteiger partial charge on any atom is -0.353 e. The molecule has 0 N–H and O–H groups in total. The minimum atomic E-state index is 0.734. The first-order valence-electron chi connectivity index (χ1n) is 7.34. The predicted octanol–water partition coefficient (Wildman–Crippen LogP) is 3.73. The number of hydrogen-bond acceptors (Lipinski definition) is 4. The first kappa shape index (κ1) is 13.0. The first-order chi connectivity index (χ1) is 9.81. The molecular weight excluding hydrogens is 334 g/mol. The van der Waals surface area contributed by atoms with Crippen LogP contribution in [0.3, 0.4) is 0 Å². The Kier molecular flexibility index (Phi) is 3.44. The molecule has 106 valence electrons. The summed E-state index contributed by atoms with van der Waals surface area (Å²) in [6.07, 6.45) is 6.06. The van der Waals surface area contributed by atoms with E-state index in [0.717, 1.165) is 19.1 Å². The molecular formula is C15H18BrN3S. The lowest BCUT2D eigenvalue weighted by molar-refractivity contribution is 0.133. The lowest BCUT2D eigenvalue weighted by Crippen LogP contribution is -2.55. The standard InChI is InChI=1S/C15H18BrN3S/c16-13-9-11-4-5-17-15(14(11)20-13)19-8-7-18-6-2-1-3-12(18)10-19/h4-5,9,12H,1-3,6-8,10H2/t12-/m1/s1. The van der Waals surface area contributed by atoms with Crippen molar-refractivity contribution in [1.82, 2.24) is 9.88 Å². The summed E-state index contributed by atoms with van der Waals surface area (Å²) in [7, 11) is 0. The van der Waals surface area contributed by atoms with E-state index in [4.69, 9.17) is 0 Å². The number of piperidine rings is 1. The normalized spacial score (nSPS) is 24.1. The van der Waals surface area contributed by atoms with Crippen LogP contribution in [0.25, 0.3) is 10.1 Å². The molecule has 0 radical (unpaired) electrons. The van der Waals surface area contributed by atoms with Crippen LogP contribution in [0.1, 0.15) is 19.3 Å². The monoisotopic (exact) mass is 351 g/mol. The molecule has 20 heavy (non-hydrogen) atoms. The summed E-state index contributed by atoms with van der Waals surface area (Å²) in [6.45, 7) is 4.73. The average molecular weight is 352 g/mol. The molecule has 3 nitrogen and oxygen atoms in total. The number of rotatable bonds is 1. The molecule has 2 fully saturated rings. The third kappa shape index (κ3) is 2.26. The van der Waals surface area contributed by atoms with E-state index in [1.807, 2.05) is 6.20 Å². The molecule has 2 aromatic rings. The van der Waals surface area contributed by atoms with Gasteiger partial charge in [0.05, 0.1) is 8.49 Å². The summed E-state index contributed by atoms with van der Waals surface area (Å²) in [5.74, 6) is 1.18. The van der Waals surface area contributed by atoms with Crippen molar-refractivity contribution in [3.8, 4) is 0 Å². The maximum Gasteiger partial charge on any atom is 0.146 e. The van der Waals surface area contributed by atoms with E-state index in [-0.39, 0.29) is 0 Å². The van der Waals surface area contributed by atoms with Crippen LogP contribution in [-0.4, -0.2) is 42.1 Å². The van der Waals surface area contributed by atoms with Gasteiger partial charge in [-0.2, -0.15) is 0 Å². The molecule has 0 spiro atoms. The van der Waals surface area contributed by atoms with Crippen molar-refractivity contribution in [3.63, 3.8) is 0 Å². The van der Waals surface area contributed by atoms with Gasteiger partial charge in [0, 0.05) is 31.9 Å². The molecule has 0 unspecified atom stereocenters.